The topological polar surface area (TPSA) is 31.0 Å². The van der Waals surface area contributed by atoms with E-state index in [0.29, 0.717) is 0 Å². The number of fused-ring (bicyclic) bond motifs is 6. The quantitative estimate of drug-likeness (QED) is 0.221. The molecule has 5 aromatic carbocycles. The standard InChI is InChI=1S/C39H30N2O/c1-24(2)38-30(26-19-20-37-31(22-26)29-14-6-9-18-36(29)42-37)23-35(25(3)39(38)32-15-10-11-21-40-32)41-33-16-7-4-12-27(33)28-13-5-8-17-34(28)41/h4-24H,1-3H3. The predicted octanol–water partition coefficient (Wildman–Crippen LogP) is 10.8. The highest BCUT2D eigenvalue weighted by Crippen LogP contribution is 2.44. The van der Waals surface area contributed by atoms with Crippen molar-refractivity contribution in [1.82, 2.24) is 9.55 Å². The number of benzene rings is 5. The molecule has 3 heteroatoms. The lowest BCUT2D eigenvalue weighted by Gasteiger charge is -2.24. The van der Waals surface area contributed by atoms with Crippen LogP contribution in [0.1, 0.15) is 30.9 Å². The molecule has 3 aromatic heterocycles. The first-order valence-corrected chi connectivity index (χ1v) is 14.6. The summed E-state index contributed by atoms with van der Waals surface area (Å²) >= 11 is 0. The molecule has 0 atom stereocenters. The average molecular weight is 543 g/mol. The van der Waals surface area contributed by atoms with Crippen LogP contribution in [-0.2, 0) is 0 Å². The Morgan fingerprint density at radius 1 is 0.643 bits per heavy atom. The summed E-state index contributed by atoms with van der Waals surface area (Å²) in [4.78, 5) is 4.89. The van der Waals surface area contributed by atoms with Crippen molar-refractivity contribution in [2.75, 3.05) is 0 Å². The largest absolute Gasteiger partial charge is 0.456 e. The van der Waals surface area contributed by atoms with Gasteiger partial charge in [-0.1, -0.05) is 80.6 Å². The highest BCUT2D eigenvalue weighted by molar-refractivity contribution is 6.10. The minimum Gasteiger partial charge on any atom is -0.456 e. The molecule has 3 nitrogen and oxygen atoms in total. The van der Waals surface area contributed by atoms with Crippen molar-refractivity contribution in [3.63, 3.8) is 0 Å². The Bertz CT molecular complexity index is 2230. The van der Waals surface area contributed by atoms with Crippen LogP contribution in [0.3, 0.4) is 0 Å². The minimum atomic E-state index is 0.277. The van der Waals surface area contributed by atoms with E-state index in [4.69, 9.17) is 9.40 Å². The summed E-state index contributed by atoms with van der Waals surface area (Å²) in [6.07, 6.45) is 1.90. The molecule has 202 valence electrons. The average Bonchev–Trinajstić information content (AvgIpc) is 3.56. The van der Waals surface area contributed by atoms with Crippen LogP contribution < -0.4 is 0 Å². The zero-order valence-corrected chi connectivity index (χ0v) is 23.9. The molecule has 3 heterocycles. The van der Waals surface area contributed by atoms with Gasteiger partial charge in [-0.25, -0.2) is 0 Å². The minimum absolute atomic E-state index is 0.277. The molecule has 0 amide bonds. The number of hydrogen-bond donors (Lipinski definition) is 0. The molecule has 0 saturated carbocycles. The smallest absolute Gasteiger partial charge is 0.135 e. The summed E-state index contributed by atoms with van der Waals surface area (Å²) in [6.45, 7) is 6.83. The summed E-state index contributed by atoms with van der Waals surface area (Å²) in [5.74, 6) is 0.277. The van der Waals surface area contributed by atoms with E-state index >= 15 is 0 Å². The Hall–Kier alpha value is -5.15. The second-order valence-electron chi connectivity index (χ2n) is 11.4. The Balaban J connectivity index is 1.52. The van der Waals surface area contributed by atoms with Gasteiger partial charge in [-0.3, -0.25) is 4.98 Å². The lowest BCUT2D eigenvalue weighted by molar-refractivity contribution is 0.669. The van der Waals surface area contributed by atoms with Crippen LogP contribution in [0.4, 0.5) is 0 Å². The van der Waals surface area contributed by atoms with E-state index < -0.39 is 0 Å². The van der Waals surface area contributed by atoms with Crippen molar-refractivity contribution in [2.24, 2.45) is 0 Å². The molecule has 0 bridgehead atoms. The maximum Gasteiger partial charge on any atom is 0.135 e. The van der Waals surface area contributed by atoms with E-state index in [9.17, 15) is 0 Å². The van der Waals surface area contributed by atoms with Crippen molar-refractivity contribution in [3.8, 4) is 28.1 Å². The van der Waals surface area contributed by atoms with E-state index in [1.807, 2.05) is 24.4 Å². The van der Waals surface area contributed by atoms with Crippen LogP contribution >= 0.6 is 0 Å². The van der Waals surface area contributed by atoms with Gasteiger partial charge >= 0.3 is 0 Å². The van der Waals surface area contributed by atoms with Gasteiger partial charge in [0.05, 0.1) is 22.4 Å². The molecule has 0 aliphatic rings. The molecular formula is C39H30N2O. The van der Waals surface area contributed by atoms with Crippen molar-refractivity contribution in [2.45, 2.75) is 26.7 Å². The number of hydrogen-bond acceptors (Lipinski definition) is 2. The maximum atomic E-state index is 6.20. The molecule has 0 fully saturated rings. The zero-order chi connectivity index (χ0) is 28.4. The second kappa shape index (κ2) is 9.46. The SMILES string of the molecule is Cc1c(-n2c3ccccc3c3ccccc32)cc(-c2ccc3oc4ccccc4c3c2)c(C(C)C)c1-c1ccccn1. The molecule has 0 aliphatic heterocycles. The molecule has 0 N–H and O–H groups in total. The first-order valence-electron chi connectivity index (χ1n) is 14.6. The summed E-state index contributed by atoms with van der Waals surface area (Å²) < 4.78 is 8.63. The number of aromatic nitrogens is 2. The summed E-state index contributed by atoms with van der Waals surface area (Å²) in [6, 6.07) is 41.0. The molecule has 0 unspecified atom stereocenters. The third-order valence-corrected chi connectivity index (χ3v) is 8.61. The van der Waals surface area contributed by atoms with Gasteiger partial charge in [0.2, 0.25) is 0 Å². The molecular weight excluding hydrogens is 512 g/mol. The number of para-hydroxylation sites is 3. The maximum absolute atomic E-state index is 6.20. The second-order valence-corrected chi connectivity index (χ2v) is 11.4. The van der Waals surface area contributed by atoms with E-state index in [0.717, 1.165) is 27.6 Å². The van der Waals surface area contributed by atoms with Gasteiger partial charge in [-0.05, 0) is 83.6 Å². The van der Waals surface area contributed by atoms with Crippen LogP contribution in [-0.4, -0.2) is 9.55 Å². The molecule has 0 aliphatic carbocycles. The third kappa shape index (κ3) is 3.63. The highest BCUT2D eigenvalue weighted by Gasteiger charge is 2.24. The van der Waals surface area contributed by atoms with E-state index in [2.05, 4.69) is 122 Å². The Morgan fingerprint density at radius 2 is 1.29 bits per heavy atom. The highest BCUT2D eigenvalue weighted by atomic mass is 16.3. The van der Waals surface area contributed by atoms with Crippen LogP contribution in [0.25, 0.3) is 71.8 Å². The van der Waals surface area contributed by atoms with Crippen LogP contribution in [0.2, 0.25) is 0 Å². The normalized spacial score (nSPS) is 11.9. The summed E-state index contributed by atoms with van der Waals surface area (Å²) in [5.41, 5.74) is 12.5. The summed E-state index contributed by atoms with van der Waals surface area (Å²) in [5, 5.41) is 4.79. The molecule has 0 saturated heterocycles. The Labute approximate surface area is 244 Å². The number of furan rings is 1. The Kier molecular flexibility index (Phi) is 5.55. The molecule has 0 radical (unpaired) electrons. The fraction of sp³-hybridized carbons (Fsp3) is 0.103. The monoisotopic (exact) mass is 542 g/mol. The first-order chi connectivity index (χ1) is 20.6. The van der Waals surface area contributed by atoms with Crippen molar-refractivity contribution >= 4 is 43.7 Å². The fourth-order valence-corrected chi connectivity index (χ4v) is 6.77. The number of rotatable bonds is 4. The number of nitrogens with zero attached hydrogens (tertiary/aromatic N) is 2. The Morgan fingerprint density at radius 3 is 1.98 bits per heavy atom. The zero-order valence-electron chi connectivity index (χ0n) is 23.9. The van der Waals surface area contributed by atoms with Crippen molar-refractivity contribution < 1.29 is 4.42 Å². The molecule has 42 heavy (non-hydrogen) atoms. The van der Waals surface area contributed by atoms with Gasteiger partial charge in [0.25, 0.3) is 0 Å². The van der Waals surface area contributed by atoms with Crippen molar-refractivity contribution in [3.05, 3.63) is 133 Å². The fourth-order valence-electron chi connectivity index (χ4n) is 6.77. The van der Waals surface area contributed by atoms with Crippen molar-refractivity contribution in [1.29, 1.82) is 0 Å². The van der Waals surface area contributed by atoms with Gasteiger partial charge in [0.15, 0.2) is 0 Å². The van der Waals surface area contributed by atoms with Crippen LogP contribution in [0.15, 0.2) is 126 Å². The first kappa shape index (κ1) is 24.6. The molecule has 8 aromatic rings. The van der Waals surface area contributed by atoms with Crippen LogP contribution in [0, 0.1) is 6.92 Å². The summed E-state index contributed by atoms with van der Waals surface area (Å²) in [7, 11) is 0. The lowest BCUT2D eigenvalue weighted by atomic mass is 9.83. The van der Waals surface area contributed by atoms with Gasteiger partial charge in [0.1, 0.15) is 11.2 Å². The third-order valence-electron chi connectivity index (χ3n) is 8.61. The number of pyridine rings is 1. The molecule has 0 spiro atoms. The predicted molar refractivity (Wildman–Crippen MR) is 176 cm³/mol. The van der Waals surface area contributed by atoms with Gasteiger partial charge in [0, 0.05) is 33.3 Å². The molecule has 8 rings (SSSR count). The van der Waals surface area contributed by atoms with Gasteiger partial charge in [-0.15, -0.1) is 0 Å². The lowest BCUT2D eigenvalue weighted by Crippen LogP contribution is -2.06. The van der Waals surface area contributed by atoms with Gasteiger partial charge in [-0.2, -0.15) is 0 Å². The van der Waals surface area contributed by atoms with E-state index in [1.165, 1.54) is 55.3 Å². The van der Waals surface area contributed by atoms with Crippen LogP contribution in [0.5, 0.6) is 0 Å². The van der Waals surface area contributed by atoms with E-state index in [1.54, 1.807) is 0 Å². The van der Waals surface area contributed by atoms with E-state index in [-0.39, 0.29) is 5.92 Å². The van der Waals surface area contributed by atoms with Gasteiger partial charge < -0.3 is 8.98 Å².